The minimum atomic E-state index is -0.298. The molecule has 0 aliphatic heterocycles. The summed E-state index contributed by atoms with van der Waals surface area (Å²) in [5.41, 5.74) is 4.73. The van der Waals surface area contributed by atoms with Gasteiger partial charge in [-0.25, -0.2) is 4.39 Å². The van der Waals surface area contributed by atoms with Crippen molar-refractivity contribution in [3.05, 3.63) is 75.8 Å². The Morgan fingerprint density at radius 2 is 1.67 bits per heavy atom. The second-order valence-corrected chi connectivity index (χ2v) is 7.06. The van der Waals surface area contributed by atoms with Gasteiger partial charge in [0.1, 0.15) is 5.82 Å². The molecule has 5 nitrogen and oxygen atoms in total. The maximum atomic E-state index is 13.0. The lowest BCUT2D eigenvalue weighted by Crippen LogP contribution is -2.03. The van der Waals surface area contributed by atoms with E-state index in [0.717, 1.165) is 27.0 Å². The molecule has 2 heterocycles. The highest BCUT2D eigenvalue weighted by Crippen LogP contribution is 2.24. The van der Waals surface area contributed by atoms with Gasteiger partial charge < -0.3 is 4.52 Å². The van der Waals surface area contributed by atoms with Gasteiger partial charge in [-0.2, -0.15) is 10.1 Å². The maximum absolute atomic E-state index is 13.0. The van der Waals surface area contributed by atoms with E-state index in [1.165, 1.54) is 12.1 Å². The van der Waals surface area contributed by atoms with Crippen LogP contribution in [0.1, 0.15) is 17.0 Å². The largest absolute Gasteiger partial charge is 0.334 e. The Hall–Kier alpha value is -2.80. The molecule has 0 saturated heterocycles. The fourth-order valence-corrected chi connectivity index (χ4v) is 3.10. The number of aromatic nitrogens is 4. The lowest BCUT2D eigenvalue weighted by molar-refractivity contribution is 0.432. The molecule has 2 aromatic carbocycles. The van der Waals surface area contributed by atoms with Crippen LogP contribution in [0.15, 0.2) is 57.5 Å². The zero-order valence-electron chi connectivity index (χ0n) is 14.8. The van der Waals surface area contributed by atoms with Crippen LogP contribution in [0.25, 0.3) is 22.8 Å². The van der Waals surface area contributed by atoms with Crippen molar-refractivity contribution in [1.82, 2.24) is 19.9 Å². The van der Waals surface area contributed by atoms with Crippen LogP contribution < -0.4 is 0 Å². The highest BCUT2D eigenvalue weighted by Gasteiger charge is 2.12. The molecule has 0 atom stereocenters. The molecule has 0 fully saturated rings. The van der Waals surface area contributed by atoms with Gasteiger partial charge in [-0.3, -0.25) is 4.68 Å². The summed E-state index contributed by atoms with van der Waals surface area (Å²) in [6.07, 6.45) is 0. The first-order valence-corrected chi connectivity index (χ1v) is 9.19. The minimum absolute atomic E-state index is 0.298. The molecular weight excluding hydrogens is 411 g/mol. The summed E-state index contributed by atoms with van der Waals surface area (Å²) in [4.78, 5) is 4.40. The average Bonchev–Trinajstić information content (AvgIpc) is 3.25. The van der Waals surface area contributed by atoms with Crippen LogP contribution in [0.2, 0.25) is 0 Å². The van der Waals surface area contributed by atoms with Crippen molar-refractivity contribution in [1.29, 1.82) is 0 Å². The molecule has 7 heteroatoms. The lowest BCUT2D eigenvalue weighted by atomic mass is 10.1. The summed E-state index contributed by atoms with van der Waals surface area (Å²) in [5, 5.41) is 8.51. The quantitative estimate of drug-likeness (QED) is 0.451. The Morgan fingerprint density at radius 1 is 1.00 bits per heavy atom. The maximum Gasteiger partial charge on any atom is 0.258 e. The molecule has 4 rings (SSSR count). The number of nitrogens with zero attached hydrogens (tertiary/aromatic N) is 4. The lowest BCUT2D eigenvalue weighted by Gasteiger charge is -2.05. The summed E-state index contributed by atoms with van der Waals surface area (Å²) in [5.74, 6) is 0.559. The molecule has 0 radical (unpaired) electrons. The summed E-state index contributed by atoms with van der Waals surface area (Å²) >= 11 is 3.55. The Labute approximate surface area is 164 Å². The molecule has 0 aliphatic rings. The monoisotopic (exact) mass is 426 g/mol. The number of hydrogen-bond acceptors (Lipinski definition) is 4. The van der Waals surface area contributed by atoms with Crippen LogP contribution in [0.5, 0.6) is 0 Å². The molecule has 0 amide bonds. The Bertz CT molecular complexity index is 1080. The van der Waals surface area contributed by atoms with Crippen molar-refractivity contribution in [3.63, 3.8) is 0 Å². The Morgan fingerprint density at radius 3 is 2.30 bits per heavy atom. The Kier molecular flexibility index (Phi) is 4.61. The van der Waals surface area contributed by atoms with Gasteiger partial charge >= 0.3 is 0 Å². The molecule has 136 valence electrons. The van der Waals surface area contributed by atoms with Gasteiger partial charge in [0, 0.05) is 11.1 Å². The molecule has 0 N–H and O–H groups in total. The van der Waals surface area contributed by atoms with Gasteiger partial charge in [0.25, 0.3) is 5.89 Å². The molecule has 2 aromatic heterocycles. The summed E-state index contributed by atoms with van der Waals surface area (Å²) < 4.78 is 21.4. The summed E-state index contributed by atoms with van der Waals surface area (Å²) in [6.45, 7) is 4.70. The second-order valence-electron chi connectivity index (χ2n) is 6.27. The van der Waals surface area contributed by atoms with E-state index in [-0.39, 0.29) is 5.82 Å². The molecule has 0 aliphatic carbocycles. The molecule has 4 aromatic rings. The summed E-state index contributed by atoms with van der Waals surface area (Å²) in [7, 11) is 0. The number of rotatable bonds is 4. The first-order valence-electron chi connectivity index (χ1n) is 8.40. The highest BCUT2D eigenvalue weighted by molar-refractivity contribution is 9.10. The zero-order valence-corrected chi connectivity index (χ0v) is 16.4. The predicted molar refractivity (Wildman–Crippen MR) is 104 cm³/mol. The van der Waals surface area contributed by atoms with E-state index in [2.05, 4.69) is 31.2 Å². The van der Waals surface area contributed by atoms with E-state index in [9.17, 15) is 4.39 Å². The second kappa shape index (κ2) is 7.08. The summed E-state index contributed by atoms with van der Waals surface area (Å²) in [6, 6.07) is 13.9. The van der Waals surface area contributed by atoms with Crippen LogP contribution >= 0.6 is 15.9 Å². The van der Waals surface area contributed by atoms with E-state index in [4.69, 9.17) is 4.52 Å². The van der Waals surface area contributed by atoms with Crippen LogP contribution in [0, 0.1) is 19.7 Å². The van der Waals surface area contributed by atoms with Crippen molar-refractivity contribution in [2.75, 3.05) is 0 Å². The molecule has 0 saturated carbocycles. The van der Waals surface area contributed by atoms with E-state index < -0.39 is 0 Å². The van der Waals surface area contributed by atoms with Gasteiger partial charge in [0.15, 0.2) is 0 Å². The number of halogens is 2. The van der Waals surface area contributed by atoms with Gasteiger partial charge in [-0.1, -0.05) is 17.3 Å². The number of benzene rings is 2. The third-order valence-electron chi connectivity index (χ3n) is 4.35. The fraction of sp³-hybridized carbons (Fsp3) is 0.150. The van der Waals surface area contributed by atoms with E-state index in [1.807, 2.05) is 42.8 Å². The third kappa shape index (κ3) is 3.55. The van der Waals surface area contributed by atoms with Gasteiger partial charge in [0.05, 0.1) is 22.4 Å². The van der Waals surface area contributed by atoms with E-state index in [1.54, 1.807) is 12.1 Å². The van der Waals surface area contributed by atoms with Crippen molar-refractivity contribution >= 4 is 15.9 Å². The topological polar surface area (TPSA) is 56.7 Å². The van der Waals surface area contributed by atoms with Crippen molar-refractivity contribution in [3.8, 4) is 22.8 Å². The predicted octanol–water partition coefficient (Wildman–Crippen LogP) is 5.17. The van der Waals surface area contributed by atoms with Crippen molar-refractivity contribution < 1.29 is 8.91 Å². The molecule has 0 spiro atoms. The zero-order chi connectivity index (χ0) is 19.0. The highest BCUT2D eigenvalue weighted by atomic mass is 79.9. The number of hydrogen-bond donors (Lipinski definition) is 0. The van der Waals surface area contributed by atoms with Crippen LogP contribution in [-0.2, 0) is 6.54 Å². The van der Waals surface area contributed by atoms with Crippen LogP contribution in [0.4, 0.5) is 4.39 Å². The first-order chi connectivity index (χ1) is 13.0. The standard InChI is InChI=1S/C20H16BrFN4O/c1-12-18(21)13(2)26(24-12)11-14-3-5-16(6-4-14)20-23-19(25-27-20)15-7-9-17(22)10-8-15/h3-10H,11H2,1-2H3. The SMILES string of the molecule is Cc1nn(Cc2ccc(-c3nc(-c4ccc(F)cc4)no3)cc2)c(C)c1Br. The van der Waals surface area contributed by atoms with E-state index in [0.29, 0.717) is 23.8 Å². The molecule has 0 unspecified atom stereocenters. The number of aryl methyl sites for hydroxylation is 1. The van der Waals surface area contributed by atoms with Crippen molar-refractivity contribution in [2.24, 2.45) is 0 Å². The average molecular weight is 427 g/mol. The first kappa shape index (κ1) is 17.6. The van der Waals surface area contributed by atoms with E-state index >= 15 is 0 Å². The van der Waals surface area contributed by atoms with Crippen LogP contribution in [0.3, 0.4) is 0 Å². The minimum Gasteiger partial charge on any atom is -0.334 e. The molecule has 27 heavy (non-hydrogen) atoms. The molecular formula is C20H16BrFN4O. The van der Waals surface area contributed by atoms with Crippen molar-refractivity contribution in [2.45, 2.75) is 20.4 Å². The normalized spacial score (nSPS) is 11.1. The smallest absolute Gasteiger partial charge is 0.258 e. The molecule has 0 bridgehead atoms. The Balaban J connectivity index is 1.54. The van der Waals surface area contributed by atoms with Crippen LogP contribution in [-0.4, -0.2) is 19.9 Å². The van der Waals surface area contributed by atoms with Gasteiger partial charge in [0.2, 0.25) is 5.82 Å². The fourth-order valence-electron chi connectivity index (χ4n) is 2.81. The third-order valence-corrected chi connectivity index (χ3v) is 5.50. The van der Waals surface area contributed by atoms with Gasteiger partial charge in [-0.15, -0.1) is 0 Å². The van der Waals surface area contributed by atoms with Gasteiger partial charge in [-0.05, 0) is 71.7 Å².